The van der Waals surface area contributed by atoms with Gasteiger partial charge in [0.15, 0.2) is 0 Å². The lowest BCUT2D eigenvalue weighted by atomic mass is 10.1. The number of likely N-dealkylation sites (tertiary alicyclic amines) is 1. The van der Waals surface area contributed by atoms with Crippen molar-refractivity contribution in [3.05, 3.63) is 58.8 Å². The van der Waals surface area contributed by atoms with E-state index in [4.69, 9.17) is 14.1 Å². The lowest BCUT2D eigenvalue weighted by Crippen LogP contribution is -2.33. The summed E-state index contributed by atoms with van der Waals surface area (Å²) in [6, 6.07) is 7.58. The van der Waals surface area contributed by atoms with Gasteiger partial charge >= 0.3 is 0 Å². The van der Waals surface area contributed by atoms with Crippen molar-refractivity contribution in [2.24, 2.45) is 0 Å². The molecule has 3 heterocycles. The van der Waals surface area contributed by atoms with Crippen LogP contribution in [0.3, 0.4) is 0 Å². The van der Waals surface area contributed by atoms with E-state index in [0.29, 0.717) is 31.0 Å². The highest BCUT2D eigenvalue weighted by Gasteiger charge is 2.31. The van der Waals surface area contributed by atoms with Crippen molar-refractivity contribution >= 4 is 10.9 Å². The van der Waals surface area contributed by atoms with Crippen LogP contribution in [0.2, 0.25) is 0 Å². The Balaban J connectivity index is 1.77. The van der Waals surface area contributed by atoms with Gasteiger partial charge < -0.3 is 9.15 Å². The van der Waals surface area contributed by atoms with Crippen LogP contribution >= 0.6 is 0 Å². The summed E-state index contributed by atoms with van der Waals surface area (Å²) in [5.74, 6) is 1.48. The summed E-state index contributed by atoms with van der Waals surface area (Å²) in [7, 11) is 1.64. The number of hydrogen-bond acceptors (Lipinski definition) is 6. The smallest absolute Gasteiger partial charge is 0.261 e. The maximum Gasteiger partial charge on any atom is 0.261 e. The van der Waals surface area contributed by atoms with Gasteiger partial charge in [-0.25, -0.2) is 9.97 Å². The molecule has 26 heavy (non-hydrogen) atoms. The van der Waals surface area contributed by atoms with Gasteiger partial charge in [0.1, 0.15) is 12.1 Å². The van der Waals surface area contributed by atoms with Crippen LogP contribution in [-0.4, -0.2) is 39.7 Å². The first-order chi connectivity index (χ1) is 12.8. The first kappa shape index (κ1) is 16.9. The molecule has 136 valence electrons. The topological polar surface area (TPSA) is 73.4 Å². The molecule has 1 aliphatic heterocycles. The zero-order valence-corrected chi connectivity index (χ0v) is 14.8. The van der Waals surface area contributed by atoms with Gasteiger partial charge in [0.2, 0.25) is 5.89 Å². The van der Waals surface area contributed by atoms with Crippen LogP contribution in [0.4, 0.5) is 0 Å². The molecule has 0 saturated carbocycles. The number of nitrogens with zero attached hydrogens (tertiary/aromatic N) is 4. The minimum atomic E-state index is -0.00868. The van der Waals surface area contributed by atoms with Gasteiger partial charge in [0.25, 0.3) is 5.56 Å². The standard InChI is InChI=1S/C19H22N4O3/c1-25-12-10-23-18(21-15-6-3-2-5-14(15)19(23)24)16-7-4-9-22(16)13-17-20-8-11-26-17/h2-3,5-6,8,11,16H,4,7,9-10,12-13H2,1H3. The average molecular weight is 354 g/mol. The minimum absolute atomic E-state index is 0.00868. The van der Waals surface area contributed by atoms with Gasteiger partial charge in [-0.15, -0.1) is 0 Å². The van der Waals surface area contributed by atoms with E-state index in [1.165, 1.54) is 0 Å². The van der Waals surface area contributed by atoms with Crippen LogP contribution in [-0.2, 0) is 17.8 Å². The zero-order chi connectivity index (χ0) is 17.9. The Morgan fingerprint density at radius 2 is 2.23 bits per heavy atom. The Kier molecular flexibility index (Phi) is 4.81. The first-order valence-corrected chi connectivity index (χ1v) is 8.89. The highest BCUT2D eigenvalue weighted by molar-refractivity contribution is 5.77. The largest absolute Gasteiger partial charge is 0.448 e. The van der Waals surface area contributed by atoms with E-state index in [1.54, 1.807) is 24.1 Å². The molecule has 7 nitrogen and oxygen atoms in total. The number of rotatable bonds is 6. The highest BCUT2D eigenvalue weighted by Crippen LogP contribution is 2.32. The molecule has 3 aromatic rings. The quantitative estimate of drug-likeness (QED) is 0.677. The van der Waals surface area contributed by atoms with E-state index in [2.05, 4.69) is 9.88 Å². The van der Waals surface area contributed by atoms with Gasteiger partial charge in [-0.2, -0.15) is 0 Å². The second-order valence-electron chi connectivity index (χ2n) is 6.49. The van der Waals surface area contributed by atoms with Crippen LogP contribution in [0.25, 0.3) is 10.9 Å². The molecule has 7 heteroatoms. The maximum atomic E-state index is 13.1. The number of aromatic nitrogens is 3. The van der Waals surface area contributed by atoms with Crippen molar-refractivity contribution in [3.8, 4) is 0 Å². The van der Waals surface area contributed by atoms with Crippen molar-refractivity contribution in [2.75, 3.05) is 20.3 Å². The molecule has 1 aliphatic rings. The van der Waals surface area contributed by atoms with Crippen LogP contribution in [0.5, 0.6) is 0 Å². The molecule has 0 aliphatic carbocycles. The average Bonchev–Trinajstić information content (AvgIpc) is 3.33. The fraction of sp³-hybridized carbons (Fsp3) is 0.421. The van der Waals surface area contributed by atoms with Crippen LogP contribution in [0.15, 0.2) is 45.9 Å². The van der Waals surface area contributed by atoms with E-state index in [0.717, 1.165) is 30.7 Å². The van der Waals surface area contributed by atoms with Gasteiger partial charge in [0, 0.05) is 7.11 Å². The SMILES string of the molecule is COCCn1c(C2CCCN2Cc2ncco2)nc2ccccc2c1=O. The summed E-state index contributed by atoms with van der Waals surface area (Å²) in [6.45, 7) is 2.51. The predicted molar refractivity (Wildman–Crippen MR) is 96.8 cm³/mol. The fourth-order valence-electron chi connectivity index (χ4n) is 3.65. The Labute approximate surface area is 151 Å². The molecule has 2 aromatic heterocycles. The number of benzene rings is 1. The molecule has 1 fully saturated rings. The van der Waals surface area contributed by atoms with E-state index < -0.39 is 0 Å². The predicted octanol–water partition coefficient (Wildman–Crippen LogP) is 2.37. The van der Waals surface area contributed by atoms with Crippen LogP contribution < -0.4 is 5.56 Å². The number of para-hydroxylation sites is 1. The summed E-state index contributed by atoms with van der Waals surface area (Å²) in [5.41, 5.74) is 0.731. The lowest BCUT2D eigenvalue weighted by molar-refractivity contribution is 0.176. The minimum Gasteiger partial charge on any atom is -0.448 e. The summed E-state index contributed by atoms with van der Waals surface area (Å²) in [6.07, 6.45) is 5.25. The monoisotopic (exact) mass is 354 g/mol. The molecular formula is C19H22N4O3. The molecule has 0 bridgehead atoms. The van der Waals surface area contributed by atoms with Crippen molar-refractivity contribution in [1.82, 2.24) is 19.4 Å². The van der Waals surface area contributed by atoms with Crippen LogP contribution in [0.1, 0.15) is 30.6 Å². The third kappa shape index (κ3) is 3.15. The Bertz CT molecular complexity index is 936. The summed E-state index contributed by atoms with van der Waals surface area (Å²) < 4.78 is 12.4. The molecule has 4 rings (SSSR count). The fourth-order valence-corrected chi connectivity index (χ4v) is 3.65. The van der Waals surface area contributed by atoms with Gasteiger partial charge in [-0.05, 0) is 31.5 Å². The van der Waals surface area contributed by atoms with Gasteiger partial charge in [-0.1, -0.05) is 12.1 Å². The number of fused-ring (bicyclic) bond motifs is 1. The van der Waals surface area contributed by atoms with Gasteiger partial charge in [-0.3, -0.25) is 14.3 Å². The highest BCUT2D eigenvalue weighted by atomic mass is 16.5. The summed E-state index contributed by atoms with van der Waals surface area (Å²) in [5, 5.41) is 0.643. The molecule has 1 atom stereocenters. The molecule has 0 spiro atoms. The number of oxazole rings is 1. The second-order valence-corrected chi connectivity index (χ2v) is 6.49. The third-order valence-corrected chi connectivity index (χ3v) is 4.89. The number of hydrogen-bond donors (Lipinski definition) is 0. The zero-order valence-electron chi connectivity index (χ0n) is 14.8. The Hall–Kier alpha value is -2.51. The summed E-state index contributed by atoms with van der Waals surface area (Å²) >= 11 is 0. The number of ether oxygens (including phenoxy) is 1. The normalized spacial score (nSPS) is 18.0. The molecule has 0 N–H and O–H groups in total. The molecule has 0 radical (unpaired) electrons. The van der Waals surface area contributed by atoms with E-state index >= 15 is 0 Å². The van der Waals surface area contributed by atoms with Gasteiger partial charge in [0.05, 0.1) is 42.8 Å². The van der Waals surface area contributed by atoms with Crippen molar-refractivity contribution < 1.29 is 9.15 Å². The van der Waals surface area contributed by atoms with E-state index in [-0.39, 0.29) is 11.6 Å². The van der Waals surface area contributed by atoms with E-state index in [9.17, 15) is 4.79 Å². The summed E-state index contributed by atoms with van der Waals surface area (Å²) in [4.78, 5) is 24.4. The van der Waals surface area contributed by atoms with Crippen molar-refractivity contribution in [2.45, 2.75) is 32.0 Å². The first-order valence-electron chi connectivity index (χ1n) is 8.89. The number of methoxy groups -OCH3 is 1. The molecule has 1 unspecified atom stereocenters. The molecule has 1 aromatic carbocycles. The van der Waals surface area contributed by atoms with Crippen molar-refractivity contribution in [1.29, 1.82) is 0 Å². The third-order valence-electron chi connectivity index (χ3n) is 4.89. The molecular weight excluding hydrogens is 332 g/mol. The Morgan fingerprint density at radius 1 is 1.35 bits per heavy atom. The van der Waals surface area contributed by atoms with Crippen LogP contribution in [0, 0.1) is 0 Å². The van der Waals surface area contributed by atoms with Crippen molar-refractivity contribution in [3.63, 3.8) is 0 Å². The molecule has 0 amide bonds. The molecule has 1 saturated heterocycles. The second kappa shape index (κ2) is 7.39. The maximum absolute atomic E-state index is 13.1. The van der Waals surface area contributed by atoms with E-state index in [1.807, 2.05) is 24.3 Å². The Morgan fingerprint density at radius 3 is 3.04 bits per heavy atom. The lowest BCUT2D eigenvalue weighted by Gasteiger charge is -2.25.